The highest BCUT2D eigenvalue weighted by Crippen LogP contribution is 2.15. The highest BCUT2D eigenvalue weighted by Gasteiger charge is 2.14. The molecule has 68 valence electrons. The van der Waals surface area contributed by atoms with Crippen LogP contribution in [0.3, 0.4) is 0 Å². The lowest BCUT2D eigenvalue weighted by Crippen LogP contribution is -2.26. The van der Waals surface area contributed by atoms with Crippen molar-refractivity contribution in [1.82, 2.24) is 5.32 Å². The molecule has 0 radical (unpaired) electrons. The fourth-order valence-corrected chi connectivity index (χ4v) is 1.23. The van der Waals surface area contributed by atoms with E-state index in [1.54, 1.807) is 6.92 Å². The smallest absolute Gasteiger partial charge is 0.0846 e. The van der Waals surface area contributed by atoms with Crippen LogP contribution in [0, 0.1) is 12.5 Å². The van der Waals surface area contributed by atoms with Gasteiger partial charge in [-0.25, -0.2) is 0 Å². The summed E-state index contributed by atoms with van der Waals surface area (Å²) in [5, 5.41) is 12.2. The molecular formula is C11H13NO. The van der Waals surface area contributed by atoms with Gasteiger partial charge in [-0.2, -0.15) is 0 Å². The number of hydrogen-bond donors (Lipinski definition) is 2. The normalized spacial score (nSPS) is 14.2. The molecule has 0 aliphatic rings. The van der Waals surface area contributed by atoms with Crippen LogP contribution in [0.1, 0.15) is 18.5 Å². The minimum absolute atomic E-state index is 0.189. The molecule has 0 heterocycles. The van der Waals surface area contributed by atoms with Gasteiger partial charge in [-0.3, -0.25) is 0 Å². The van der Waals surface area contributed by atoms with Gasteiger partial charge in [0.1, 0.15) is 0 Å². The zero-order valence-electron chi connectivity index (χ0n) is 7.57. The largest absolute Gasteiger partial charge is 0.391 e. The minimum atomic E-state index is -0.501. The van der Waals surface area contributed by atoms with Crippen LogP contribution in [-0.4, -0.2) is 11.2 Å². The summed E-state index contributed by atoms with van der Waals surface area (Å²) in [6.45, 7) is 1.71. The molecule has 1 aromatic rings. The molecule has 13 heavy (non-hydrogen) atoms. The SMILES string of the molecule is C#CN[C@@H](c1ccccc1)[C@@H](C)O. The average Bonchev–Trinajstić information content (AvgIpc) is 2.15. The van der Waals surface area contributed by atoms with Gasteiger partial charge in [0.25, 0.3) is 0 Å². The molecule has 0 amide bonds. The molecular weight excluding hydrogens is 162 g/mol. The first kappa shape index (κ1) is 9.63. The predicted octanol–water partition coefficient (Wildman–Crippen LogP) is 1.29. The maximum atomic E-state index is 9.44. The summed E-state index contributed by atoms with van der Waals surface area (Å²) < 4.78 is 0. The maximum Gasteiger partial charge on any atom is 0.0846 e. The van der Waals surface area contributed by atoms with E-state index in [9.17, 15) is 5.11 Å². The highest BCUT2D eigenvalue weighted by atomic mass is 16.3. The topological polar surface area (TPSA) is 32.3 Å². The second kappa shape index (κ2) is 4.54. The molecule has 0 aromatic heterocycles. The number of aliphatic hydroxyl groups is 1. The van der Waals surface area contributed by atoms with Gasteiger partial charge < -0.3 is 10.4 Å². The summed E-state index contributed by atoms with van der Waals surface area (Å²) in [4.78, 5) is 0. The van der Waals surface area contributed by atoms with Crippen LogP contribution in [-0.2, 0) is 0 Å². The Labute approximate surface area is 78.6 Å². The van der Waals surface area contributed by atoms with Crippen LogP contribution in [0.2, 0.25) is 0 Å². The zero-order valence-corrected chi connectivity index (χ0v) is 7.57. The van der Waals surface area contributed by atoms with Crippen molar-refractivity contribution in [2.24, 2.45) is 0 Å². The van der Waals surface area contributed by atoms with Crippen LogP contribution in [0.15, 0.2) is 30.3 Å². The van der Waals surface area contributed by atoms with Crippen molar-refractivity contribution in [2.45, 2.75) is 19.1 Å². The number of nitrogens with one attached hydrogen (secondary N) is 1. The van der Waals surface area contributed by atoms with Crippen molar-refractivity contribution >= 4 is 0 Å². The van der Waals surface area contributed by atoms with Gasteiger partial charge >= 0.3 is 0 Å². The van der Waals surface area contributed by atoms with E-state index in [0.717, 1.165) is 5.56 Å². The summed E-state index contributed by atoms with van der Waals surface area (Å²) >= 11 is 0. The monoisotopic (exact) mass is 175 g/mol. The third-order valence-electron chi connectivity index (χ3n) is 1.88. The van der Waals surface area contributed by atoms with Gasteiger partial charge in [0.2, 0.25) is 0 Å². The van der Waals surface area contributed by atoms with E-state index in [-0.39, 0.29) is 6.04 Å². The van der Waals surface area contributed by atoms with E-state index < -0.39 is 6.10 Å². The molecule has 0 aliphatic heterocycles. The molecule has 2 atom stereocenters. The van der Waals surface area contributed by atoms with E-state index in [4.69, 9.17) is 6.42 Å². The predicted molar refractivity (Wildman–Crippen MR) is 52.8 cm³/mol. The molecule has 1 aromatic carbocycles. The molecule has 2 N–H and O–H groups in total. The third-order valence-corrected chi connectivity index (χ3v) is 1.88. The first-order chi connectivity index (χ1) is 6.25. The van der Waals surface area contributed by atoms with Gasteiger partial charge in [0.15, 0.2) is 0 Å². The quantitative estimate of drug-likeness (QED) is 0.536. The van der Waals surface area contributed by atoms with Crippen molar-refractivity contribution in [1.29, 1.82) is 0 Å². The first-order valence-corrected chi connectivity index (χ1v) is 4.20. The van der Waals surface area contributed by atoms with Gasteiger partial charge in [-0.05, 0) is 12.5 Å². The molecule has 0 saturated carbocycles. The number of terminal acetylenes is 1. The fourth-order valence-electron chi connectivity index (χ4n) is 1.23. The standard InChI is InChI=1S/C11H13NO/c1-3-12-11(9(2)13)10-7-5-4-6-8-10/h1,4-9,11-13H,2H3/t9-,11-/m1/s1. The highest BCUT2D eigenvalue weighted by molar-refractivity contribution is 5.20. The van der Waals surface area contributed by atoms with Crippen LogP contribution >= 0.6 is 0 Å². The Morgan fingerprint density at radius 3 is 2.46 bits per heavy atom. The number of benzene rings is 1. The van der Waals surface area contributed by atoms with Crippen LogP contribution in [0.4, 0.5) is 0 Å². The Kier molecular flexibility index (Phi) is 3.36. The van der Waals surface area contributed by atoms with Crippen molar-refractivity contribution in [3.8, 4) is 12.5 Å². The molecule has 1 rings (SSSR count). The fraction of sp³-hybridized carbons (Fsp3) is 0.273. The lowest BCUT2D eigenvalue weighted by Gasteiger charge is -2.19. The van der Waals surface area contributed by atoms with E-state index in [0.29, 0.717) is 0 Å². The molecule has 0 bridgehead atoms. The van der Waals surface area contributed by atoms with Crippen molar-refractivity contribution in [3.63, 3.8) is 0 Å². The lowest BCUT2D eigenvalue weighted by atomic mass is 10.0. The molecule has 0 spiro atoms. The molecule has 2 nitrogen and oxygen atoms in total. The Balaban J connectivity index is 2.84. The van der Waals surface area contributed by atoms with Crippen LogP contribution < -0.4 is 5.32 Å². The number of hydrogen-bond acceptors (Lipinski definition) is 2. The Hall–Kier alpha value is -1.46. The minimum Gasteiger partial charge on any atom is -0.391 e. The van der Waals surface area contributed by atoms with Crippen molar-refractivity contribution < 1.29 is 5.11 Å². The number of rotatable bonds is 3. The summed E-state index contributed by atoms with van der Waals surface area (Å²) in [7, 11) is 0. The molecule has 0 unspecified atom stereocenters. The zero-order chi connectivity index (χ0) is 9.68. The second-order valence-corrected chi connectivity index (χ2v) is 2.92. The summed E-state index contributed by atoms with van der Waals surface area (Å²) in [6, 6.07) is 11.8. The maximum absolute atomic E-state index is 9.44. The van der Waals surface area contributed by atoms with Crippen LogP contribution in [0.5, 0.6) is 0 Å². The number of aliphatic hydroxyl groups excluding tert-OH is 1. The molecule has 0 fully saturated rings. The summed E-state index contributed by atoms with van der Waals surface area (Å²) in [5.41, 5.74) is 0.996. The van der Waals surface area contributed by atoms with E-state index >= 15 is 0 Å². The van der Waals surface area contributed by atoms with Crippen molar-refractivity contribution in [2.75, 3.05) is 0 Å². The van der Waals surface area contributed by atoms with Crippen molar-refractivity contribution in [3.05, 3.63) is 35.9 Å². The van der Waals surface area contributed by atoms with Gasteiger partial charge in [-0.15, -0.1) is 0 Å². The van der Waals surface area contributed by atoms with Gasteiger partial charge in [-0.1, -0.05) is 36.8 Å². The molecule has 0 saturated heterocycles. The summed E-state index contributed by atoms with van der Waals surface area (Å²) in [6.07, 6.45) is 4.63. The third kappa shape index (κ3) is 2.50. The first-order valence-electron chi connectivity index (χ1n) is 4.20. The molecule has 2 heteroatoms. The Morgan fingerprint density at radius 2 is 2.00 bits per heavy atom. The Bertz CT molecular complexity index is 287. The Morgan fingerprint density at radius 1 is 1.38 bits per heavy atom. The van der Waals surface area contributed by atoms with E-state index in [1.165, 1.54) is 0 Å². The molecule has 0 aliphatic carbocycles. The van der Waals surface area contributed by atoms with Gasteiger partial charge in [0.05, 0.1) is 12.1 Å². The van der Waals surface area contributed by atoms with E-state index in [2.05, 4.69) is 11.4 Å². The average molecular weight is 175 g/mol. The summed E-state index contributed by atoms with van der Waals surface area (Å²) in [5.74, 6) is 0. The van der Waals surface area contributed by atoms with E-state index in [1.807, 2.05) is 30.3 Å². The second-order valence-electron chi connectivity index (χ2n) is 2.92. The lowest BCUT2D eigenvalue weighted by molar-refractivity contribution is 0.154. The van der Waals surface area contributed by atoms with Crippen LogP contribution in [0.25, 0.3) is 0 Å². The van der Waals surface area contributed by atoms with Gasteiger partial charge in [0, 0.05) is 6.04 Å².